The predicted molar refractivity (Wildman–Crippen MR) is 72.9 cm³/mol. The van der Waals surface area contributed by atoms with Crippen molar-refractivity contribution in [2.75, 3.05) is 4.90 Å². The number of hydrogen-bond acceptors (Lipinski definition) is 3. The van der Waals surface area contributed by atoms with Gasteiger partial charge < -0.3 is 0 Å². The summed E-state index contributed by atoms with van der Waals surface area (Å²) in [4.78, 5) is 25.5. The molecule has 0 aliphatic carbocycles. The van der Waals surface area contributed by atoms with Crippen molar-refractivity contribution in [2.45, 2.75) is 6.54 Å². The van der Waals surface area contributed by atoms with Crippen LogP contribution >= 0.6 is 15.9 Å². The highest BCUT2D eigenvalue weighted by atomic mass is 79.9. The largest absolute Gasteiger partial charge is 0.299 e. The number of ketones is 1. The van der Waals surface area contributed by atoms with E-state index < -0.39 is 11.7 Å². The van der Waals surface area contributed by atoms with Crippen molar-refractivity contribution in [3.8, 4) is 0 Å². The Morgan fingerprint density at radius 3 is 2.79 bits per heavy atom. The molecule has 0 N–H and O–H groups in total. The molecule has 3 rings (SSSR count). The number of fused-ring (bicyclic) bond motifs is 1. The van der Waals surface area contributed by atoms with E-state index in [1.807, 2.05) is 19.3 Å². The van der Waals surface area contributed by atoms with E-state index in [1.54, 1.807) is 23.0 Å². The lowest BCUT2D eigenvalue weighted by Crippen LogP contribution is -2.29. The number of carbonyl (C=O) groups is 2. The number of amides is 1. The first kappa shape index (κ1) is 12.1. The monoisotopic (exact) mass is 319 g/mol. The lowest BCUT2D eigenvalue weighted by atomic mass is 10.1. The van der Waals surface area contributed by atoms with Crippen LogP contribution in [0.25, 0.3) is 0 Å². The topological polar surface area (TPSA) is 55.2 Å². The molecule has 1 aromatic heterocycles. The number of rotatable bonds is 2. The fraction of sp³-hybridized carbons (Fsp3) is 0.154. The number of nitrogens with zero attached hydrogens (tertiary/aromatic N) is 3. The molecular weight excluding hydrogens is 310 g/mol. The average Bonchev–Trinajstić information content (AvgIpc) is 2.89. The summed E-state index contributed by atoms with van der Waals surface area (Å²) >= 11 is 3.39. The molecule has 0 unspecified atom stereocenters. The molecule has 0 saturated carbocycles. The smallest absolute Gasteiger partial charge is 0.299 e. The van der Waals surface area contributed by atoms with E-state index in [0.29, 0.717) is 17.8 Å². The zero-order valence-electron chi connectivity index (χ0n) is 10.1. The van der Waals surface area contributed by atoms with Crippen molar-refractivity contribution in [3.05, 3.63) is 46.2 Å². The summed E-state index contributed by atoms with van der Waals surface area (Å²) in [6.45, 7) is 0.341. The van der Waals surface area contributed by atoms with Gasteiger partial charge in [-0.2, -0.15) is 5.10 Å². The summed E-state index contributed by atoms with van der Waals surface area (Å²) in [6.07, 6.45) is 3.51. The number of aryl methyl sites for hydroxylation is 1. The van der Waals surface area contributed by atoms with Crippen LogP contribution < -0.4 is 4.90 Å². The molecule has 1 amide bonds. The van der Waals surface area contributed by atoms with E-state index in [2.05, 4.69) is 21.0 Å². The van der Waals surface area contributed by atoms with Gasteiger partial charge in [-0.25, -0.2) is 0 Å². The highest BCUT2D eigenvalue weighted by Crippen LogP contribution is 2.36. The maximum atomic E-state index is 12.1. The van der Waals surface area contributed by atoms with Crippen LogP contribution in [0.3, 0.4) is 0 Å². The van der Waals surface area contributed by atoms with Gasteiger partial charge in [0.2, 0.25) is 0 Å². The molecule has 0 spiro atoms. The molecule has 0 fully saturated rings. The number of anilines is 1. The zero-order chi connectivity index (χ0) is 13.6. The van der Waals surface area contributed by atoms with Crippen LogP contribution in [-0.4, -0.2) is 21.5 Å². The number of hydrogen-bond donors (Lipinski definition) is 0. The first-order chi connectivity index (χ1) is 9.08. The summed E-state index contributed by atoms with van der Waals surface area (Å²) < 4.78 is 2.41. The Morgan fingerprint density at radius 1 is 1.32 bits per heavy atom. The second kappa shape index (κ2) is 4.31. The van der Waals surface area contributed by atoms with Crippen LogP contribution in [0.5, 0.6) is 0 Å². The number of carbonyl (C=O) groups excluding carboxylic acids is 2. The van der Waals surface area contributed by atoms with E-state index in [9.17, 15) is 9.59 Å². The molecule has 1 aliphatic rings. The molecule has 0 radical (unpaired) electrons. The van der Waals surface area contributed by atoms with Crippen molar-refractivity contribution in [1.82, 2.24) is 9.78 Å². The van der Waals surface area contributed by atoms with Crippen LogP contribution in [-0.2, 0) is 18.4 Å². The van der Waals surface area contributed by atoms with Gasteiger partial charge in [-0.15, -0.1) is 0 Å². The molecule has 19 heavy (non-hydrogen) atoms. The molecule has 2 heterocycles. The number of Topliss-reactive ketones (excluding diaryl/α,β-unsaturated/α-hetero) is 1. The molecule has 5 nitrogen and oxygen atoms in total. The Bertz CT molecular complexity index is 693. The number of aromatic nitrogens is 2. The maximum absolute atomic E-state index is 12.1. The average molecular weight is 320 g/mol. The third-order valence-electron chi connectivity index (χ3n) is 3.04. The molecule has 1 aliphatic heterocycles. The molecule has 0 bridgehead atoms. The van der Waals surface area contributed by atoms with Gasteiger partial charge in [-0.05, 0) is 28.1 Å². The van der Waals surface area contributed by atoms with Gasteiger partial charge in [0.25, 0.3) is 11.7 Å². The Labute approximate surface area is 118 Å². The molecule has 6 heteroatoms. The van der Waals surface area contributed by atoms with Gasteiger partial charge in [0, 0.05) is 23.3 Å². The minimum atomic E-state index is -0.495. The van der Waals surface area contributed by atoms with Crippen molar-refractivity contribution in [3.63, 3.8) is 0 Å². The summed E-state index contributed by atoms with van der Waals surface area (Å²) in [5, 5.41) is 4.06. The van der Waals surface area contributed by atoms with Crippen molar-refractivity contribution >= 4 is 33.3 Å². The highest BCUT2D eigenvalue weighted by Gasteiger charge is 2.37. The fourth-order valence-corrected chi connectivity index (χ4v) is 2.78. The molecular formula is C13H10BrN3O2. The first-order valence-corrected chi connectivity index (χ1v) is 6.49. The van der Waals surface area contributed by atoms with Crippen LogP contribution in [0.15, 0.2) is 35.1 Å². The van der Waals surface area contributed by atoms with E-state index in [0.717, 1.165) is 10.0 Å². The first-order valence-electron chi connectivity index (χ1n) is 5.70. The van der Waals surface area contributed by atoms with Crippen LogP contribution in [0, 0.1) is 0 Å². The van der Waals surface area contributed by atoms with Crippen molar-refractivity contribution < 1.29 is 9.59 Å². The van der Waals surface area contributed by atoms with Crippen molar-refractivity contribution in [2.24, 2.45) is 7.05 Å². The normalized spacial score (nSPS) is 14.1. The Balaban J connectivity index is 2.04. The zero-order valence-corrected chi connectivity index (χ0v) is 11.7. The third kappa shape index (κ3) is 1.88. The Morgan fingerprint density at radius 2 is 2.11 bits per heavy atom. The lowest BCUT2D eigenvalue weighted by Gasteiger charge is -2.16. The summed E-state index contributed by atoms with van der Waals surface area (Å²) in [6, 6.07) is 5.24. The van der Waals surface area contributed by atoms with E-state index in [4.69, 9.17) is 0 Å². The van der Waals surface area contributed by atoms with Gasteiger partial charge in [0.1, 0.15) is 0 Å². The second-order valence-corrected chi connectivity index (χ2v) is 5.23. The maximum Gasteiger partial charge on any atom is 0.299 e. The standard InChI is InChI=1S/C13H10BrN3O2/c1-16-6-8(5-15-16)7-17-11-9(12(18)13(17)19)3-2-4-10(11)14/h2-6H,7H2,1H3. The molecule has 96 valence electrons. The summed E-state index contributed by atoms with van der Waals surface area (Å²) in [5.74, 6) is -0.953. The lowest BCUT2D eigenvalue weighted by molar-refractivity contribution is -0.114. The van der Waals surface area contributed by atoms with E-state index in [1.165, 1.54) is 4.90 Å². The molecule has 0 saturated heterocycles. The molecule has 2 aromatic rings. The molecule has 0 atom stereocenters. The highest BCUT2D eigenvalue weighted by molar-refractivity contribution is 9.10. The van der Waals surface area contributed by atoms with Gasteiger partial charge >= 0.3 is 0 Å². The Kier molecular flexibility index (Phi) is 2.74. The quantitative estimate of drug-likeness (QED) is 0.794. The minimum absolute atomic E-state index is 0.341. The summed E-state index contributed by atoms with van der Waals surface area (Å²) in [7, 11) is 1.81. The van der Waals surface area contributed by atoms with Crippen molar-refractivity contribution in [1.29, 1.82) is 0 Å². The van der Waals surface area contributed by atoms with Crippen LogP contribution in [0.1, 0.15) is 15.9 Å². The number of halogens is 1. The van der Waals surface area contributed by atoms with Gasteiger partial charge in [-0.1, -0.05) is 6.07 Å². The second-order valence-electron chi connectivity index (χ2n) is 4.38. The fourth-order valence-electron chi connectivity index (χ4n) is 2.20. The van der Waals surface area contributed by atoms with Gasteiger partial charge in [0.05, 0.1) is 24.0 Å². The predicted octanol–water partition coefficient (Wildman–Crippen LogP) is 1.91. The van der Waals surface area contributed by atoms with Crippen LogP contribution in [0.2, 0.25) is 0 Å². The minimum Gasteiger partial charge on any atom is -0.299 e. The number of benzene rings is 1. The summed E-state index contributed by atoms with van der Waals surface area (Å²) in [5.41, 5.74) is 1.97. The SMILES string of the molecule is Cn1cc(CN2C(=O)C(=O)c3cccc(Br)c32)cn1. The number of para-hydroxylation sites is 1. The van der Waals surface area contributed by atoms with E-state index in [-0.39, 0.29) is 0 Å². The third-order valence-corrected chi connectivity index (χ3v) is 3.68. The van der Waals surface area contributed by atoms with Gasteiger partial charge in [0.15, 0.2) is 0 Å². The van der Waals surface area contributed by atoms with Crippen LogP contribution in [0.4, 0.5) is 5.69 Å². The van der Waals surface area contributed by atoms with E-state index >= 15 is 0 Å². The van der Waals surface area contributed by atoms with Gasteiger partial charge in [-0.3, -0.25) is 19.2 Å². The molecule has 1 aromatic carbocycles. The Hall–Kier alpha value is -1.95.